The summed E-state index contributed by atoms with van der Waals surface area (Å²) in [4.78, 5) is 0. The third-order valence-electron chi connectivity index (χ3n) is 2.60. The second-order valence-corrected chi connectivity index (χ2v) is 5.05. The maximum absolute atomic E-state index is 2.28. The van der Waals surface area contributed by atoms with Gasteiger partial charge >= 0.3 is 18.9 Å². The second kappa shape index (κ2) is 9.36. The van der Waals surface area contributed by atoms with Gasteiger partial charge in [-0.3, -0.25) is 0 Å². The Morgan fingerprint density at radius 2 is 0.643 bits per heavy atom. The molecule has 77 valence electrons. The third-order valence-corrected chi connectivity index (χ3v) is 2.60. The van der Waals surface area contributed by atoms with Crippen LogP contribution in [0.2, 0.25) is 0 Å². The molecule has 0 aromatic rings. The standard InChI is InChI=1S/3C4H8.Al.Li.H/c3*1-4-2-3-4;;;/h3*4H,2-3H2,1H3;;;. The zero-order valence-corrected chi connectivity index (χ0v) is 10.7. The van der Waals surface area contributed by atoms with E-state index in [1.54, 1.807) is 0 Å². The fraction of sp³-hybridized carbons (Fsp3) is 1.00. The van der Waals surface area contributed by atoms with Crippen molar-refractivity contribution in [2.24, 2.45) is 17.8 Å². The van der Waals surface area contributed by atoms with Gasteiger partial charge in [0.2, 0.25) is 0 Å². The van der Waals surface area contributed by atoms with E-state index in [-0.39, 0.29) is 36.2 Å². The quantitative estimate of drug-likeness (QED) is 0.530. The van der Waals surface area contributed by atoms with Gasteiger partial charge in [0.05, 0.1) is 0 Å². The third kappa shape index (κ3) is 18.8. The molecule has 3 fully saturated rings. The van der Waals surface area contributed by atoms with Crippen LogP contribution in [0.4, 0.5) is 0 Å². The molecule has 2 heteroatoms. The van der Waals surface area contributed by atoms with E-state index in [1.165, 1.54) is 38.5 Å². The first-order valence-corrected chi connectivity index (χ1v) is 5.68. The molecule has 0 nitrogen and oxygen atoms in total. The molecule has 3 radical (unpaired) electrons. The Balaban J connectivity index is 0. The Kier molecular flexibility index (Phi) is 11.7. The molecule has 0 aromatic carbocycles. The molecule has 3 rings (SSSR count). The van der Waals surface area contributed by atoms with Crippen molar-refractivity contribution in [3.63, 3.8) is 0 Å². The van der Waals surface area contributed by atoms with E-state index >= 15 is 0 Å². The van der Waals surface area contributed by atoms with Gasteiger partial charge in [0.25, 0.3) is 0 Å². The summed E-state index contributed by atoms with van der Waals surface area (Å²) in [6, 6.07) is 0. The van der Waals surface area contributed by atoms with E-state index in [2.05, 4.69) is 20.8 Å². The molecule has 3 saturated carbocycles. The van der Waals surface area contributed by atoms with Crippen molar-refractivity contribution in [3.05, 3.63) is 0 Å². The fourth-order valence-corrected chi connectivity index (χ4v) is 0.500. The van der Waals surface area contributed by atoms with Crippen molar-refractivity contribution in [1.29, 1.82) is 0 Å². The van der Waals surface area contributed by atoms with Crippen molar-refractivity contribution in [1.82, 2.24) is 0 Å². The summed E-state index contributed by atoms with van der Waals surface area (Å²) in [5, 5.41) is 0. The van der Waals surface area contributed by atoms with Gasteiger partial charge in [-0.1, -0.05) is 59.3 Å². The zero-order valence-electron chi connectivity index (χ0n) is 9.55. The summed E-state index contributed by atoms with van der Waals surface area (Å²) >= 11 is 0. The van der Waals surface area contributed by atoms with Crippen molar-refractivity contribution in [2.45, 2.75) is 59.3 Å². The average molecular weight is 203 g/mol. The molecular formula is C12H25AlLi. The van der Waals surface area contributed by atoms with Crippen LogP contribution in [0.1, 0.15) is 59.3 Å². The Labute approximate surface area is 113 Å². The minimum atomic E-state index is 0. The van der Waals surface area contributed by atoms with Crippen LogP contribution in [0, 0.1) is 17.8 Å². The molecule has 0 unspecified atom stereocenters. The molecule has 0 amide bonds. The van der Waals surface area contributed by atoms with Crippen LogP contribution in [-0.2, 0) is 0 Å². The Morgan fingerprint density at radius 3 is 0.643 bits per heavy atom. The SMILES string of the molecule is CC1CC1.CC1CC1.CC1CC1.[Al].[LiH]. The minimum absolute atomic E-state index is 0. The summed E-state index contributed by atoms with van der Waals surface area (Å²) in [5.74, 6) is 3.25. The first-order valence-electron chi connectivity index (χ1n) is 5.68. The first kappa shape index (κ1) is 17.5. The van der Waals surface area contributed by atoms with Crippen molar-refractivity contribution in [2.75, 3.05) is 0 Å². The van der Waals surface area contributed by atoms with Crippen molar-refractivity contribution < 1.29 is 0 Å². The molecule has 0 heterocycles. The predicted molar refractivity (Wildman–Crippen MR) is 68.1 cm³/mol. The topological polar surface area (TPSA) is 0 Å². The van der Waals surface area contributed by atoms with Gasteiger partial charge < -0.3 is 0 Å². The van der Waals surface area contributed by atoms with Gasteiger partial charge in [-0.05, 0) is 17.8 Å². The number of rotatable bonds is 0. The maximum atomic E-state index is 2.28. The monoisotopic (exact) mass is 203 g/mol. The van der Waals surface area contributed by atoms with Crippen LogP contribution in [0.15, 0.2) is 0 Å². The van der Waals surface area contributed by atoms with Gasteiger partial charge in [0.1, 0.15) is 0 Å². The van der Waals surface area contributed by atoms with Gasteiger partial charge in [-0.25, -0.2) is 0 Å². The van der Waals surface area contributed by atoms with E-state index in [1.807, 2.05) is 0 Å². The Bertz CT molecular complexity index is 91.7. The van der Waals surface area contributed by atoms with E-state index in [0.717, 1.165) is 17.8 Å². The van der Waals surface area contributed by atoms with Crippen LogP contribution in [0.3, 0.4) is 0 Å². The Hall–Kier alpha value is 1.13. The molecule has 0 N–H and O–H groups in total. The molecule has 3 aliphatic carbocycles. The van der Waals surface area contributed by atoms with Crippen LogP contribution in [0.25, 0.3) is 0 Å². The summed E-state index contributed by atoms with van der Waals surface area (Å²) in [6.45, 7) is 6.83. The van der Waals surface area contributed by atoms with Crippen molar-refractivity contribution >= 4 is 36.2 Å². The molecule has 0 spiro atoms. The fourth-order valence-electron chi connectivity index (χ4n) is 0.500. The normalized spacial score (nSPS) is 22.5. The zero-order chi connectivity index (χ0) is 8.97. The summed E-state index contributed by atoms with van der Waals surface area (Å²) < 4.78 is 0. The van der Waals surface area contributed by atoms with E-state index < -0.39 is 0 Å². The number of hydrogen-bond donors (Lipinski definition) is 0. The van der Waals surface area contributed by atoms with Crippen LogP contribution in [0.5, 0.6) is 0 Å². The molecule has 3 aliphatic rings. The molecule has 14 heavy (non-hydrogen) atoms. The van der Waals surface area contributed by atoms with Gasteiger partial charge in [0.15, 0.2) is 0 Å². The molecule has 0 aromatic heterocycles. The first-order chi connectivity index (χ1) is 5.68. The molecule has 0 aliphatic heterocycles. The van der Waals surface area contributed by atoms with E-state index in [4.69, 9.17) is 0 Å². The summed E-state index contributed by atoms with van der Waals surface area (Å²) in [7, 11) is 0. The number of hydrogen-bond acceptors (Lipinski definition) is 0. The summed E-state index contributed by atoms with van der Waals surface area (Å²) in [5.41, 5.74) is 0. The second-order valence-electron chi connectivity index (χ2n) is 5.05. The van der Waals surface area contributed by atoms with Crippen LogP contribution >= 0.6 is 0 Å². The molecule has 0 atom stereocenters. The summed E-state index contributed by atoms with van der Waals surface area (Å²) in [6.07, 6.45) is 8.92. The predicted octanol–water partition coefficient (Wildman–Crippen LogP) is 3.22. The average Bonchev–Trinajstić information content (AvgIpc) is 2.63. The molecule has 0 bridgehead atoms. The van der Waals surface area contributed by atoms with E-state index in [0.29, 0.717) is 0 Å². The van der Waals surface area contributed by atoms with Gasteiger partial charge in [-0.2, -0.15) is 0 Å². The van der Waals surface area contributed by atoms with Crippen LogP contribution in [-0.4, -0.2) is 36.2 Å². The van der Waals surface area contributed by atoms with Crippen LogP contribution < -0.4 is 0 Å². The van der Waals surface area contributed by atoms with Crippen molar-refractivity contribution in [3.8, 4) is 0 Å². The van der Waals surface area contributed by atoms with E-state index in [9.17, 15) is 0 Å². The molecular weight excluding hydrogens is 178 g/mol. The Morgan fingerprint density at radius 1 is 0.571 bits per heavy atom. The molecule has 0 saturated heterocycles. The van der Waals surface area contributed by atoms with Gasteiger partial charge in [0, 0.05) is 17.4 Å². The van der Waals surface area contributed by atoms with Gasteiger partial charge in [-0.15, -0.1) is 0 Å².